The van der Waals surface area contributed by atoms with Gasteiger partial charge in [0.25, 0.3) is 5.91 Å². The third kappa shape index (κ3) is 3.77. The Morgan fingerprint density at radius 2 is 1.82 bits per heavy atom. The van der Waals surface area contributed by atoms with Crippen LogP contribution in [0.25, 0.3) is 5.52 Å². The molecule has 2 aliphatic heterocycles. The number of piperidine rings is 1. The molecular weight excluding hydrogens is 352 g/mol. The van der Waals surface area contributed by atoms with Gasteiger partial charge in [-0.2, -0.15) is 5.10 Å². The Kier molecular flexibility index (Phi) is 5.38. The zero-order valence-corrected chi connectivity index (χ0v) is 16.9. The van der Waals surface area contributed by atoms with Crippen molar-refractivity contribution in [1.29, 1.82) is 0 Å². The molecule has 0 atom stereocenters. The minimum atomic E-state index is 0.0961. The third-order valence-corrected chi connectivity index (χ3v) is 6.07. The summed E-state index contributed by atoms with van der Waals surface area (Å²) in [4.78, 5) is 29.1. The Morgan fingerprint density at radius 1 is 1.11 bits per heavy atom. The van der Waals surface area contributed by atoms with Crippen molar-refractivity contribution in [3.63, 3.8) is 0 Å². The van der Waals surface area contributed by atoms with E-state index in [9.17, 15) is 9.59 Å². The Morgan fingerprint density at radius 3 is 2.50 bits per heavy atom. The van der Waals surface area contributed by atoms with Crippen molar-refractivity contribution in [3.8, 4) is 0 Å². The average molecular weight is 383 g/mol. The molecule has 0 spiro atoms. The molecule has 0 bridgehead atoms. The van der Waals surface area contributed by atoms with Gasteiger partial charge in [-0.15, -0.1) is 0 Å². The number of hydrogen-bond donors (Lipinski definition) is 0. The van der Waals surface area contributed by atoms with E-state index in [1.54, 1.807) is 10.7 Å². The normalized spacial score (nSPS) is 18.4. The maximum Gasteiger partial charge on any atom is 0.257 e. The highest BCUT2D eigenvalue weighted by Gasteiger charge is 2.26. The van der Waals surface area contributed by atoms with Gasteiger partial charge >= 0.3 is 0 Å². The van der Waals surface area contributed by atoms with Crippen LogP contribution in [0.3, 0.4) is 0 Å². The Bertz CT molecular complexity index is 859. The van der Waals surface area contributed by atoms with Crippen LogP contribution in [0.2, 0.25) is 0 Å². The van der Waals surface area contributed by atoms with Crippen LogP contribution >= 0.6 is 0 Å². The molecule has 0 aliphatic carbocycles. The number of carbonyl (C=O) groups excluding carboxylic acids is 2. The van der Waals surface area contributed by atoms with Crippen LogP contribution in [0.4, 0.5) is 0 Å². The Hall–Kier alpha value is -2.37. The lowest BCUT2D eigenvalue weighted by Crippen LogP contribution is -2.38. The summed E-state index contributed by atoms with van der Waals surface area (Å²) in [6.45, 7) is 7.51. The van der Waals surface area contributed by atoms with Gasteiger partial charge in [0.1, 0.15) is 0 Å². The lowest BCUT2D eigenvalue weighted by atomic mass is 9.89. The summed E-state index contributed by atoms with van der Waals surface area (Å²) in [5.74, 6) is 1.20. The summed E-state index contributed by atoms with van der Waals surface area (Å²) in [7, 11) is 0. The first-order chi connectivity index (χ1) is 13.5. The number of nitrogens with zero attached hydrogens (tertiary/aromatic N) is 4. The van der Waals surface area contributed by atoms with Crippen LogP contribution in [0, 0.1) is 5.92 Å². The van der Waals surface area contributed by atoms with Gasteiger partial charge in [-0.3, -0.25) is 9.59 Å². The Labute approximate surface area is 166 Å². The van der Waals surface area contributed by atoms with Gasteiger partial charge in [0.2, 0.25) is 5.91 Å². The van der Waals surface area contributed by atoms with Gasteiger partial charge in [0, 0.05) is 38.8 Å². The first-order valence-corrected chi connectivity index (χ1v) is 10.6. The van der Waals surface area contributed by atoms with E-state index in [2.05, 4.69) is 31.1 Å². The summed E-state index contributed by atoms with van der Waals surface area (Å²) < 4.78 is 1.80. The first kappa shape index (κ1) is 19.0. The van der Waals surface area contributed by atoms with Gasteiger partial charge in [0.05, 0.1) is 17.3 Å². The van der Waals surface area contributed by atoms with Gasteiger partial charge in [-0.05, 0) is 55.2 Å². The lowest BCUT2D eigenvalue weighted by molar-refractivity contribution is -0.133. The number of amides is 2. The van der Waals surface area contributed by atoms with E-state index < -0.39 is 0 Å². The number of rotatable bonds is 4. The summed E-state index contributed by atoms with van der Waals surface area (Å²) in [5.41, 5.74) is 2.85. The number of aromatic nitrogens is 2. The highest BCUT2D eigenvalue weighted by atomic mass is 16.2. The molecule has 2 aliphatic rings. The second kappa shape index (κ2) is 7.94. The molecule has 2 saturated heterocycles. The topological polar surface area (TPSA) is 57.9 Å². The number of fused-ring (bicyclic) bond motifs is 1. The number of hydrogen-bond acceptors (Lipinski definition) is 3. The molecule has 0 aromatic carbocycles. The molecule has 0 radical (unpaired) electrons. The zero-order valence-electron chi connectivity index (χ0n) is 16.9. The van der Waals surface area contributed by atoms with Crippen molar-refractivity contribution in [2.45, 2.75) is 51.9 Å². The van der Waals surface area contributed by atoms with Crippen molar-refractivity contribution < 1.29 is 9.59 Å². The van der Waals surface area contributed by atoms with Crippen molar-refractivity contribution in [1.82, 2.24) is 19.4 Å². The largest absolute Gasteiger partial charge is 0.343 e. The monoisotopic (exact) mass is 382 g/mol. The predicted octanol–water partition coefficient (Wildman–Crippen LogP) is 3.32. The van der Waals surface area contributed by atoms with Crippen LogP contribution in [-0.2, 0) is 4.79 Å². The van der Waals surface area contributed by atoms with E-state index in [4.69, 9.17) is 0 Å². The minimum absolute atomic E-state index is 0.0961. The molecule has 2 fully saturated rings. The fraction of sp³-hybridized carbons (Fsp3) is 0.591. The van der Waals surface area contributed by atoms with Crippen molar-refractivity contribution in [3.05, 3.63) is 35.7 Å². The fourth-order valence-electron chi connectivity index (χ4n) is 4.45. The molecule has 6 nitrogen and oxygen atoms in total. The summed E-state index contributed by atoms with van der Waals surface area (Å²) in [5, 5.41) is 4.38. The summed E-state index contributed by atoms with van der Waals surface area (Å²) in [6, 6.07) is 4.24. The van der Waals surface area contributed by atoms with Crippen LogP contribution < -0.4 is 0 Å². The van der Waals surface area contributed by atoms with Crippen molar-refractivity contribution >= 4 is 17.3 Å². The molecule has 0 saturated carbocycles. The number of likely N-dealkylation sites (tertiary alicyclic amines) is 2. The van der Waals surface area contributed by atoms with Crippen LogP contribution in [0.15, 0.2) is 24.5 Å². The minimum Gasteiger partial charge on any atom is -0.343 e. The van der Waals surface area contributed by atoms with Crippen LogP contribution in [0.1, 0.15) is 67.8 Å². The van der Waals surface area contributed by atoms with Gasteiger partial charge in [-0.25, -0.2) is 4.52 Å². The summed E-state index contributed by atoms with van der Waals surface area (Å²) in [6.07, 6.45) is 8.42. The quantitative estimate of drug-likeness (QED) is 0.815. The second-order valence-corrected chi connectivity index (χ2v) is 8.60. The first-order valence-electron chi connectivity index (χ1n) is 10.6. The maximum absolute atomic E-state index is 12.8. The molecule has 6 heteroatoms. The molecule has 2 aromatic rings. The Balaban J connectivity index is 1.48. The highest BCUT2D eigenvalue weighted by molar-refractivity contribution is 6.00. The fourth-order valence-corrected chi connectivity index (χ4v) is 4.45. The molecule has 28 heavy (non-hydrogen) atoms. The number of pyridine rings is 1. The second-order valence-electron chi connectivity index (χ2n) is 8.60. The molecule has 2 aromatic heterocycles. The molecule has 4 heterocycles. The van der Waals surface area contributed by atoms with Gasteiger partial charge < -0.3 is 9.80 Å². The predicted molar refractivity (Wildman–Crippen MR) is 108 cm³/mol. The SMILES string of the molecule is CC(C)CC(=O)N1CCC(c2ccn3ncc(C(=O)N4CCCC4)c3c2)CC1. The standard InChI is InChI=1S/C22H30N4O2/c1-16(2)13-21(27)24-10-5-17(6-11-24)18-7-12-26-20(14-18)19(15-23-26)22(28)25-8-3-4-9-25/h7,12,14-17H,3-6,8-11,13H2,1-2H3. The highest BCUT2D eigenvalue weighted by Crippen LogP contribution is 2.30. The molecule has 4 rings (SSSR count). The molecule has 2 amide bonds. The molecular formula is C22H30N4O2. The number of carbonyl (C=O) groups is 2. The van der Waals surface area contributed by atoms with E-state index in [0.29, 0.717) is 23.8 Å². The van der Waals surface area contributed by atoms with E-state index >= 15 is 0 Å². The van der Waals surface area contributed by atoms with Crippen LogP contribution in [-0.4, -0.2) is 57.4 Å². The smallest absolute Gasteiger partial charge is 0.257 e. The molecule has 0 unspecified atom stereocenters. The van der Waals surface area contributed by atoms with E-state index in [1.165, 1.54) is 5.56 Å². The zero-order chi connectivity index (χ0) is 19.7. The van der Waals surface area contributed by atoms with Crippen LogP contribution in [0.5, 0.6) is 0 Å². The van der Waals surface area contributed by atoms with E-state index in [-0.39, 0.29) is 11.8 Å². The molecule has 150 valence electrons. The molecule has 0 N–H and O–H groups in total. The van der Waals surface area contributed by atoms with Gasteiger partial charge in [0.15, 0.2) is 0 Å². The van der Waals surface area contributed by atoms with Crippen molar-refractivity contribution in [2.75, 3.05) is 26.2 Å². The lowest BCUT2D eigenvalue weighted by Gasteiger charge is -2.32. The van der Waals surface area contributed by atoms with E-state index in [0.717, 1.165) is 57.4 Å². The summed E-state index contributed by atoms with van der Waals surface area (Å²) >= 11 is 0. The van der Waals surface area contributed by atoms with Gasteiger partial charge in [-0.1, -0.05) is 13.8 Å². The van der Waals surface area contributed by atoms with Crippen molar-refractivity contribution in [2.24, 2.45) is 5.92 Å². The average Bonchev–Trinajstić information content (AvgIpc) is 3.36. The van der Waals surface area contributed by atoms with E-state index in [1.807, 2.05) is 16.0 Å². The maximum atomic E-state index is 12.8. The third-order valence-electron chi connectivity index (χ3n) is 6.07.